The van der Waals surface area contributed by atoms with Gasteiger partial charge in [-0.25, -0.2) is 4.39 Å². The maximum absolute atomic E-state index is 13.1. The zero-order valence-electron chi connectivity index (χ0n) is 13.7. The number of aliphatic hydroxyl groups excluding tert-OH is 1. The van der Waals surface area contributed by atoms with Gasteiger partial charge in [-0.1, -0.05) is 18.2 Å². The third-order valence-corrected chi connectivity index (χ3v) is 4.31. The fraction of sp³-hybridized carbons (Fsp3) is 0.316. The van der Waals surface area contributed by atoms with Crippen LogP contribution in [0.25, 0.3) is 0 Å². The summed E-state index contributed by atoms with van der Waals surface area (Å²) in [5, 5.41) is 13.1. The van der Waals surface area contributed by atoms with Crippen LogP contribution in [0.1, 0.15) is 29.7 Å². The Kier molecular flexibility index (Phi) is 4.92. The summed E-state index contributed by atoms with van der Waals surface area (Å²) in [6, 6.07) is 12.2. The molecule has 5 heteroatoms. The lowest BCUT2D eigenvalue weighted by molar-refractivity contribution is 0.158. The van der Waals surface area contributed by atoms with Gasteiger partial charge in [-0.2, -0.15) is 0 Å². The monoisotopic (exact) mass is 327 g/mol. The number of amidine groups is 1. The summed E-state index contributed by atoms with van der Waals surface area (Å²) in [7, 11) is 0. The van der Waals surface area contributed by atoms with Crippen molar-refractivity contribution < 1.29 is 9.50 Å². The number of nitrogens with one attached hydrogen (secondary N) is 1. The summed E-state index contributed by atoms with van der Waals surface area (Å²) >= 11 is 0. The van der Waals surface area contributed by atoms with Crippen molar-refractivity contribution in [1.29, 1.82) is 0 Å². The Balaban J connectivity index is 1.60. The van der Waals surface area contributed by atoms with Gasteiger partial charge in [-0.3, -0.25) is 4.99 Å². The molecule has 4 nitrogen and oxygen atoms in total. The van der Waals surface area contributed by atoms with Crippen molar-refractivity contribution in [3.63, 3.8) is 0 Å². The molecule has 1 aliphatic rings. The van der Waals surface area contributed by atoms with E-state index in [2.05, 4.69) is 10.3 Å². The minimum atomic E-state index is -0.503. The molecule has 2 aromatic carbocycles. The minimum Gasteiger partial charge on any atom is -0.391 e. The molecule has 2 atom stereocenters. The molecule has 0 aromatic heterocycles. The Hall–Kier alpha value is -2.24. The molecule has 0 aliphatic heterocycles. The summed E-state index contributed by atoms with van der Waals surface area (Å²) < 4.78 is 13.1. The average Bonchev–Trinajstić information content (AvgIpc) is 2.82. The summed E-state index contributed by atoms with van der Waals surface area (Å²) in [6.45, 7) is 2.49. The summed E-state index contributed by atoms with van der Waals surface area (Å²) in [6.07, 6.45) is 0.798. The zero-order chi connectivity index (χ0) is 17.1. The lowest BCUT2D eigenvalue weighted by atomic mass is 10.1. The van der Waals surface area contributed by atoms with Crippen molar-refractivity contribution in [3.8, 4) is 0 Å². The van der Waals surface area contributed by atoms with Crippen LogP contribution in [0, 0.1) is 5.82 Å². The second-order valence-electron chi connectivity index (χ2n) is 6.18. The van der Waals surface area contributed by atoms with Crippen molar-refractivity contribution >= 4 is 11.5 Å². The quantitative estimate of drug-likeness (QED) is 0.597. The molecular formula is C19H22FN3O. The van der Waals surface area contributed by atoms with Gasteiger partial charge >= 0.3 is 0 Å². The summed E-state index contributed by atoms with van der Waals surface area (Å²) in [5.74, 6) is 0.571. The van der Waals surface area contributed by atoms with Gasteiger partial charge in [0.2, 0.25) is 0 Å². The summed E-state index contributed by atoms with van der Waals surface area (Å²) in [4.78, 5) is 4.47. The van der Waals surface area contributed by atoms with Crippen LogP contribution in [0.3, 0.4) is 0 Å². The Morgan fingerprint density at radius 1 is 1.33 bits per heavy atom. The predicted molar refractivity (Wildman–Crippen MR) is 94.8 cm³/mol. The molecular weight excluding hydrogens is 305 g/mol. The van der Waals surface area contributed by atoms with Crippen LogP contribution in [0.15, 0.2) is 47.5 Å². The summed E-state index contributed by atoms with van der Waals surface area (Å²) in [5.41, 5.74) is 9.93. The number of nitrogens with two attached hydrogens (primary N) is 1. The van der Waals surface area contributed by atoms with E-state index in [0.717, 1.165) is 28.2 Å². The molecule has 0 heterocycles. The van der Waals surface area contributed by atoms with Crippen LogP contribution in [0.5, 0.6) is 0 Å². The highest BCUT2D eigenvalue weighted by atomic mass is 19.1. The van der Waals surface area contributed by atoms with Gasteiger partial charge < -0.3 is 16.2 Å². The number of hydrogen-bond acceptors (Lipinski definition) is 3. The van der Waals surface area contributed by atoms with E-state index in [0.29, 0.717) is 19.4 Å². The zero-order valence-corrected chi connectivity index (χ0v) is 13.7. The fourth-order valence-electron chi connectivity index (χ4n) is 3.02. The standard InChI is InChI=1S/C19H22FN3O/c1-12(22-8-7-13-3-2-4-15(20)9-13)23-16-6-5-14-10-18(24)19(21)17(14)11-16/h2-6,9,11,18-19,24H,7-8,10,21H2,1H3,(H,22,23)/t18-,19-/m1/s1. The van der Waals surface area contributed by atoms with Gasteiger partial charge in [0.05, 0.1) is 18.0 Å². The van der Waals surface area contributed by atoms with Crippen molar-refractivity contribution in [2.45, 2.75) is 31.9 Å². The second kappa shape index (κ2) is 7.11. The van der Waals surface area contributed by atoms with E-state index in [1.807, 2.05) is 31.2 Å². The van der Waals surface area contributed by atoms with Crippen LogP contribution in [0.2, 0.25) is 0 Å². The predicted octanol–water partition coefficient (Wildman–Crippen LogP) is 2.82. The fourth-order valence-corrected chi connectivity index (χ4v) is 3.02. The Morgan fingerprint density at radius 2 is 2.17 bits per heavy atom. The van der Waals surface area contributed by atoms with E-state index in [1.54, 1.807) is 6.07 Å². The topological polar surface area (TPSA) is 70.6 Å². The largest absolute Gasteiger partial charge is 0.391 e. The van der Waals surface area contributed by atoms with Crippen LogP contribution in [-0.4, -0.2) is 23.6 Å². The van der Waals surface area contributed by atoms with E-state index < -0.39 is 6.10 Å². The smallest absolute Gasteiger partial charge is 0.123 e. The first-order valence-corrected chi connectivity index (χ1v) is 8.12. The normalized spacial score (nSPS) is 20.1. The molecule has 2 aromatic rings. The van der Waals surface area contributed by atoms with E-state index >= 15 is 0 Å². The molecule has 0 bridgehead atoms. The van der Waals surface area contributed by atoms with Gasteiger partial charge in [0.15, 0.2) is 0 Å². The van der Waals surface area contributed by atoms with Crippen molar-refractivity contribution in [1.82, 2.24) is 0 Å². The highest BCUT2D eigenvalue weighted by Crippen LogP contribution is 2.31. The number of aliphatic imine (C=N–C) groups is 1. The number of fused-ring (bicyclic) bond motifs is 1. The van der Waals surface area contributed by atoms with Gasteiger partial charge in [0, 0.05) is 18.7 Å². The van der Waals surface area contributed by atoms with Crippen molar-refractivity contribution in [3.05, 3.63) is 65.0 Å². The highest BCUT2D eigenvalue weighted by Gasteiger charge is 2.27. The van der Waals surface area contributed by atoms with Crippen LogP contribution in [-0.2, 0) is 12.8 Å². The number of benzene rings is 2. The van der Waals surface area contributed by atoms with E-state index in [1.165, 1.54) is 12.1 Å². The number of halogens is 1. The number of aliphatic hydroxyl groups is 1. The second-order valence-corrected chi connectivity index (χ2v) is 6.18. The lowest BCUT2D eigenvalue weighted by Crippen LogP contribution is -2.21. The van der Waals surface area contributed by atoms with Crippen molar-refractivity contribution in [2.24, 2.45) is 10.7 Å². The SMILES string of the molecule is CC(=NCCc1cccc(F)c1)Nc1ccc2c(c1)[C@@H](N)[C@H](O)C2. The number of rotatable bonds is 4. The molecule has 4 N–H and O–H groups in total. The average molecular weight is 327 g/mol. The molecule has 0 spiro atoms. The van der Waals surface area contributed by atoms with E-state index in [9.17, 15) is 9.50 Å². The Morgan fingerprint density at radius 3 is 2.96 bits per heavy atom. The molecule has 0 radical (unpaired) electrons. The minimum absolute atomic E-state index is 0.219. The number of hydrogen-bond donors (Lipinski definition) is 3. The molecule has 0 amide bonds. The molecule has 0 saturated heterocycles. The molecule has 1 aliphatic carbocycles. The molecule has 126 valence electrons. The Labute approximate surface area is 141 Å². The van der Waals surface area contributed by atoms with Crippen LogP contribution >= 0.6 is 0 Å². The third kappa shape index (κ3) is 3.80. The number of nitrogens with zero attached hydrogens (tertiary/aromatic N) is 1. The van der Waals surface area contributed by atoms with E-state index in [4.69, 9.17) is 5.73 Å². The third-order valence-electron chi connectivity index (χ3n) is 4.31. The highest BCUT2D eigenvalue weighted by molar-refractivity contribution is 5.93. The van der Waals surface area contributed by atoms with Gasteiger partial charge in [-0.05, 0) is 54.3 Å². The van der Waals surface area contributed by atoms with E-state index in [-0.39, 0.29) is 11.9 Å². The maximum Gasteiger partial charge on any atom is 0.123 e. The first-order chi connectivity index (χ1) is 11.5. The molecule has 3 rings (SSSR count). The van der Waals surface area contributed by atoms with Gasteiger partial charge in [-0.15, -0.1) is 0 Å². The van der Waals surface area contributed by atoms with Crippen molar-refractivity contribution in [2.75, 3.05) is 11.9 Å². The molecule has 24 heavy (non-hydrogen) atoms. The van der Waals surface area contributed by atoms with Gasteiger partial charge in [0.1, 0.15) is 5.82 Å². The molecule has 0 fully saturated rings. The molecule has 0 unspecified atom stereocenters. The van der Waals surface area contributed by atoms with Crippen LogP contribution in [0.4, 0.5) is 10.1 Å². The first kappa shape index (κ1) is 16.6. The van der Waals surface area contributed by atoms with Crippen LogP contribution < -0.4 is 11.1 Å². The van der Waals surface area contributed by atoms with Gasteiger partial charge in [0.25, 0.3) is 0 Å². The first-order valence-electron chi connectivity index (χ1n) is 8.12. The molecule has 0 saturated carbocycles. The maximum atomic E-state index is 13.1. The lowest BCUT2D eigenvalue weighted by Gasteiger charge is -2.11. The Bertz CT molecular complexity index is 760. The number of anilines is 1.